The number of rotatable bonds is 7. The Bertz CT molecular complexity index is 633. The van der Waals surface area contributed by atoms with Crippen LogP contribution in [0.15, 0.2) is 29.6 Å². The first-order valence-corrected chi connectivity index (χ1v) is 8.08. The number of halogens is 1. The molecule has 1 aromatic heterocycles. The molecule has 1 heterocycles. The Morgan fingerprint density at radius 2 is 2.13 bits per heavy atom. The Morgan fingerprint density at radius 1 is 1.39 bits per heavy atom. The van der Waals surface area contributed by atoms with E-state index in [9.17, 15) is 4.79 Å². The van der Waals surface area contributed by atoms with E-state index in [-0.39, 0.29) is 18.3 Å². The normalized spacial score (nSPS) is 10.0. The van der Waals surface area contributed by atoms with Crippen LogP contribution in [0.5, 0.6) is 5.75 Å². The van der Waals surface area contributed by atoms with Crippen LogP contribution in [0.2, 0.25) is 0 Å². The van der Waals surface area contributed by atoms with Gasteiger partial charge in [-0.15, -0.1) is 23.7 Å². The molecule has 0 aliphatic rings. The number of hydrogen-bond donors (Lipinski definition) is 1. The van der Waals surface area contributed by atoms with Crippen molar-refractivity contribution in [3.8, 4) is 5.75 Å². The standard InChI is InChI=1S/C16H21N3O2S.ClH/c1-12-5-3-4-6-14(12)21-10-9-19(2)16(20)13-11-22-15(18-13)7-8-17;/h3-6,11H,7-10,17H2,1-2H3;1H. The summed E-state index contributed by atoms with van der Waals surface area (Å²) in [6.45, 7) is 3.50. The lowest BCUT2D eigenvalue weighted by Gasteiger charge is -2.17. The first-order valence-electron chi connectivity index (χ1n) is 7.20. The van der Waals surface area contributed by atoms with Crippen molar-refractivity contribution in [2.75, 3.05) is 26.7 Å². The molecule has 1 amide bonds. The smallest absolute Gasteiger partial charge is 0.273 e. The van der Waals surface area contributed by atoms with E-state index in [0.717, 1.165) is 16.3 Å². The van der Waals surface area contributed by atoms with Gasteiger partial charge in [0.05, 0.1) is 11.6 Å². The van der Waals surface area contributed by atoms with E-state index < -0.39 is 0 Å². The minimum Gasteiger partial charge on any atom is -0.491 e. The van der Waals surface area contributed by atoms with Gasteiger partial charge in [-0.25, -0.2) is 4.98 Å². The third-order valence-electron chi connectivity index (χ3n) is 3.25. The highest BCUT2D eigenvalue weighted by Gasteiger charge is 2.15. The first-order chi connectivity index (χ1) is 10.6. The number of ether oxygens (including phenoxy) is 1. The van der Waals surface area contributed by atoms with Crippen LogP contribution in [0.3, 0.4) is 0 Å². The van der Waals surface area contributed by atoms with Gasteiger partial charge >= 0.3 is 0 Å². The van der Waals surface area contributed by atoms with Crippen LogP contribution in [0.25, 0.3) is 0 Å². The maximum atomic E-state index is 12.3. The number of carbonyl (C=O) groups excluding carboxylic acids is 1. The predicted molar refractivity (Wildman–Crippen MR) is 95.8 cm³/mol. The van der Waals surface area contributed by atoms with Crippen molar-refractivity contribution in [2.45, 2.75) is 13.3 Å². The summed E-state index contributed by atoms with van der Waals surface area (Å²) in [5.74, 6) is 0.759. The molecule has 0 radical (unpaired) electrons. The van der Waals surface area contributed by atoms with Gasteiger partial charge in [-0.05, 0) is 25.1 Å². The van der Waals surface area contributed by atoms with Crippen molar-refractivity contribution >= 4 is 29.7 Å². The van der Waals surface area contributed by atoms with Crippen molar-refractivity contribution in [3.63, 3.8) is 0 Å². The van der Waals surface area contributed by atoms with E-state index in [1.54, 1.807) is 17.3 Å². The molecule has 2 aromatic rings. The molecule has 0 aliphatic heterocycles. The van der Waals surface area contributed by atoms with Gasteiger partial charge in [-0.2, -0.15) is 0 Å². The molecule has 0 fully saturated rings. The summed E-state index contributed by atoms with van der Waals surface area (Å²) in [4.78, 5) is 18.2. The molecule has 0 saturated carbocycles. The molecule has 0 bridgehead atoms. The predicted octanol–water partition coefficient (Wildman–Crippen LogP) is 2.53. The number of aryl methyl sites for hydroxylation is 1. The van der Waals surface area contributed by atoms with Gasteiger partial charge in [-0.1, -0.05) is 18.2 Å². The molecular weight excluding hydrogens is 334 g/mol. The Balaban J connectivity index is 0.00000264. The summed E-state index contributed by atoms with van der Waals surface area (Å²) < 4.78 is 5.71. The second-order valence-electron chi connectivity index (χ2n) is 5.01. The van der Waals surface area contributed by atoms with Gasteiger partial charge in [0.1, 0.15) is 18.1 Å². The van der Waals surface area contributed by atoms with E-state index in [1.165, 1.54) is 11.3 Å². The fourth-order valence-electron chi connectivity index (χ4n) is 1.96. The molecule has 5 nitrogen and oxygen atoms in total. The van der Waals surface area contributed by atoms with E-state index in [4.69, 9.17) is 10.5 Å². The number of nitrogens with zero attached hydrogens (tertiary/aromatic N) is 2. The number of aromatic nitrogens is 1. The van der Waals surface area contributed by atoms with Gasteiger partial charge < -0.3 is 15.4 Å². The zero-order valence-electron chi connectivity index (χ0n) is 13.3. The van der Waals surface area contributed by atoms with E-state index >= 15 is 0 Å². The highest BCUT2D eigenvalue weighted by atomic mass is 35.5. The number of nitrogens with two attached hydrogens (primary N) is 1. The van der Waals surface area contributed by atoms with E-state index in [2.05, 4.69) is 4.98 Å². The van der Waals surface area contributed by atoms with Crippen LogP contribution in [0.1, 0.15) is 21.1 Å². The second-order valence-corrected chi connectivity index (χ2v) is 5.95. The number of para-hydroxylation sites is 1. The van der Waals surface area contributed by atoms with Crippen LogP contribution in [-0.2, 0) is 6.42 Å². The molecule has 7 heteroatoms. The number of carbonyl (C=O) groups is 1. The van der Waals surface area contributed by atoms with Crippen LogP contribution in [0, 0.1) is 6.92 Å². The first kappa shape index (κ1) is 19.4. The average Bonchev–Trinajstić information content (AvgIpc) is 2.97. The molecule has 126 valence electrons. The van der Waals surface area contributed by atoms with Gasteiger partial charge in [0.15, 0.2) is 0 Å². The van der Waals surface area contributed by atoms with Crippen molar-refractivity contribution < 1.29 is 9.53 Å². The summed E-state index contributed by atoms with van der Waals surface area (Å²) in [5, 5.41) is 2.68. The Kier molecular flexibility index (Phi) is 8.02. The summed E-state index contributed by atoms with van der Waals surface area (Å²) in [7, 11) is 1.76. The molecule has 1 aromatic carbocycles. The van der Waals surface area contributed by atoms with E-state index in [1.807, 2.05) is 31.2 Å². The van der Waals surface area contributed by atoms with Gasteiger partial charge in [0.25, 0.3) is 5.91 Å². The van der Waals surface area contributed by atoms with Crippen molar-refractivity contribution in [1.29, 1.82) is 0 Å². The van der Waals surface area contributed by atoms with Gasteiger partial charge in [0, 0.05) is 18.8 Å². The molecule has 2 N–H and O–H groups in total. The summed E-state index contributed by atoms with van der Waals surface area (Å²) in [5.41, 5.74) is 7.06. The molecular formula is C16H22ClN3O2S. The quantitative estimate of drug-likeness (QED) is 0.828. The highest BCUT2D eigenvalue weighted by Crippen LogP contribution is 2.16. The highest BCUT2D eigenvalue weighted by molar-refractivity contribution is 7.09. The molecule has 0 saturated heterocycles. The topological polar surface area (TPSA) is 68.5 Å². The van der Waals surface area contributed by atoms with Crippen molar-refractivity contribution in [2.24, 2.45) is 5.73 Å². The molecule has 23 heavy (non-hydrogen) atoms. The van der Waals surface area contributed by atoms with Gasteiger partial charge in [0.2, 0.25) is 0 Å². The fourth-order valence-corrected chi connectivity index (χ4v) is 2.74. The summed E-state index contributed by atoms with van der Waals surface area (Å²) >= 11 is 1.47. The zero-order chi connectivity index (χ0) is 15.9. The zero-order valence-corrected chi connectivity index (χ0v) is 15.0. The SMILES string of the molecule is Cc1ccccc1OCCN(C)C(=O)c1csc(CCN)n1.Cl. The summed E-state index contributed by atoms with van der Waals surface area (Å²) in [6.07, 6.45) is 0.706. The lowest BCUT2D eigenvalue weighted by molar-refractivity contribution is 0.0768. The molecule has 2 rings (SSSR count). The van der Waals surface area contributed by atoms with Crippen molar-refractivity contribution in [1.82, 2.24) is 9.88 Å². The third kappa shape index (κ3) is 5.49. The molecule has 0 spiro atoms. The summed E-state index contributed by atoms with van der Waals surface area (Å²) in [6, 6.07) is 7.83. The van der Waals surface area contributed by atoms with Crippen molar-refractivity contribution in [3.05, 3.63) is 45.9 Å². The van der Waals surface area contributed by atoms with Crippen LogP contribution in [0.4, 0.5) is 0 Å². The Hall–Kier alpha value is -1.63. The van der Waals surface area contributed by atoms with E-state index in [0.29, 0.717) is 31.8 Å². The van der Waals surface area contributed by atoms with Crippen LogP contribution < -0.4 is 10.5 Å². The fraction of sp³-hybridized carbons (Fsp3) is 0.375. The Morgan fingerprint density at radius 3 is 2.83 bits per heavy atom. The molecule has 0 aliphatic carbocycles. The number of hydrogen-bond acceptors (Lipinski definition) is 5. The van der Waals surface area contributed by atoms with Crippen LogP contribution >= 0.6 is 23.7 Å². The third-order valence-corrected chi connectivity index (χ3v) is 4.16. The lowest BCUT2D eigenvalue weighted by atomic mass is 10.2. The van der Waals surface area contributed by atoms with Crippen LogP contribution in [-0.4, -0.2) is 42.5 Å². The maximum absolute atomic E-state index is 12.3. The average molecular weight is 356 g/mol. The lowest BCUT2D eigenvalue weighted by Crippen LogP contribution is -2.31. The number of benzene rings is 1. The monoisotopic (exact) mass is 355 g/mol. The minimum absolute atomic E-state index is 0. The number of thiazole rings is 1. The van der Waals surface area contributed by atoms with Gasteiger partial charge in [-0.3, -0.25) is 4.79 Å². The largest absolute Gasteiger partial charge is 0.491 e. The second kappa shape index (κ2) is 9.50. The molecule has 0 atom stereocenters. The number of amides is 1. The Labute approximate surface area is 146 Å². The maximum Gasteiger partial charge on any atom is 0.273 e. The number of likely N-dealkylation sites (N-methyl/N-ethyl adjacent to an activating group) is 1. The minimum atomic E-state index is -0.0899. The molecule has 0 unspecified atom stereocenters.